The number of carbonyl (C=O) groups is 1. The first-order valence-corrected chi connectivity index (χ1v) is 11.8. The van der Waals surface area contributed by atoms with Crippen LogP contribution in [0, 0.1) is 0 Å². The minimum Gasteiger partial charge on any atom is -0.493 e. The van der Waals surface area contributed by atoms with Crippen molar-refractivity contribution in [2.75, 3.05) is 27.4 Å². The van der Waals surface area contributed by atoms with E-state index >= 15 is 0 Å². The molecule has 2 aromatic carbocycles. The van der Waals surface area contributed by atoms with Crippen LogP contribution in [0.25, 0.3) is 6.08 Å². The number of hydrogen-bond acceptors (Lipinski definition) is 11. The zero-order valence-corrected chi connectivity index (χ0v) is 20.6. The lowest BCUT2D eigenvalue weighted by Crippen LogP contribution is -2.60. The topological polar surface area (TPSA) is 185 Å². The molecule has 2 heterocycles. The van der Waals surface area contributed by atoms with E-state index in [2.05, 4.69) is 0 Å². The third-order valence-electron chi connectivity index (χ3n) is 6.56. The fourth-order valence-electron chi connectivity index (χ4n) is 4.58. The van der Waals surface area contributed by atoms with E-state index < -0.39 is 55.3 Å². The summed E-state index contributed by atoms with van der Waals surface area (Å²) < 4.78 is 28.2. The molecular weight excluding hydrogens is 504 g/mol. The molecule has 12 nitrogen and oxygen atoms in total. The molecule has 12 heteroatoms. The fraction of sp³-hybridized carbons (Fsp3) is 0.423. The van der Waals surface area contributed by atoms with Gasteiger partial charge >= 0.3 is 5.97 Å². The number of aliphatic hydroxyl groups excluding tert-OH is 5. The van der Waals surface area contributed by atoms with Gasteiger partial charge in [-0.15, -0.1) is 0 Å². The van der Waals surface area contributed by atoms with Crippen molar-refractivity contribution in [3.8, 4) is 23.0 Å². The lowest BCUT2D eigenvalue weighted by atomic mass is 9.90. The number of hydrogen-bond donors (Lipinski definition) is 6. The summed E-state index contributed by atoms with van der Waals surface area (Å²) in [6, 6.07) is 8.18. The molecule has 0 bridgehead atoms. The van der Waals surface area contributed by atoms with Crippen molar-refractivity contribution in [2.24, 2.45) is 0 Å². The number of rotatable bonds is 9. The van der Waals surface area contributed by atoms with Crippen molar-refractivity contribution in [3.05, 3.63) is 53.1 Å². The molecule has 206 valence electrons. The van der Waals surface area contributed by atoms with Gasteiger partial charge in [0.15, 0.2) is 23.0 Å². The van der Waals surface area contributed by atoms with Crippen molar-refractivity contribution in [2.45, 2.75) is 42.7 Å². The van der Waals surface area contributed by atoms with Crippen LogP contribution in [0.3, 0.4) is 0 Å². The van der Waals surface area contributed by atoms with Crippen LogP contribution < -0.4 is 18.9 Å². The Hall–Kier alpha value is -3.39. The van der Waals surface area contributed by atoms with E-state index in [0.29, 0.717) is 28.2 Å². The van der Waals surface area contributed by atoms with E-state index in [0.717, 1.165) is 6.08 Å². The molecule has 7 unspecified atom stereocenters. The minimum absolute atomic E-state index is 0.148. The zero-order chi connectivity index (χ0) is 27.6. The van der Waals surface area contributed by atoms with Gasteiger partial charge in [-0.05, 0) is 41.5 Å². The standard InChI is InChI=1S/C26H30O12/c1-34-17-9-13(4-5-16(17)36-26-23(33)22(32)21(31)19(11-28)37-26)24-15(10-27)14-7-12(3-6-20(29)30)8-18(35-2)25(14)38-24/h3-9,15,19,21-24,26-28,31-33H,10-11H2,1-2H3,(H,29,30). The Kier molecular flexibility index (Phi) is 8.41. The highest BCUT2D eigenvalue weighted by molar-refractivity contribution is 5.85. The predicted molar refractivity (Wildman–Crippen MR) is 130 cm³/mol. The van der Waals surface area contributed by atoms with Crippen LogP contribution in [-0.4, -0.2) is 94.7 Å². The van der Waals surface area contributed by atoms with E-state index in [9.17, 15) is 30.3 Å². The molecular formula is C26H30O12. The summed E-state index contributed by atoms with van der Waals surface area (Å²) in [5, 5.41) is 58.9. The fourth-order valence-corrected chi connectivity index (χ4v) is 4.58. The van der Waals surface area contributed by atoms with Crippen LogP contribution in [-0.2, 0) is 9.53 Å². The smallest absolute Gasteiger partial charge is 0.328 e. The SMILES string of the molecule is COc1cc(C2Oc3c(OC)cc(C=CC(=O)O)cc3C2CO)ccc1OC1OC(CO)C(O)C(O)C1O. The van der Waals surface area contributed by atoms with E-state index in [-0.39, 0.29) is 18.1 Å². The van der Waals surface area contributed by atoms with Gasteiger partial charge in [0.25, 0.3) is 0 Å². The van der Waals surface area contributed by atoms with Gasteiger partial charge in [-0.3, -0.25) is 0 Å². The largest absolute Gasteiger partial charge is 0.493 e. The Morgan fingerprint density at radius 3 is 2.32 bits per heavy atom. The van der Waals surface area contributed by atoms with E-state index in [4.69, 9.17) is 28.8 Å². The highest BCUT2D eigenvalue weighted by Gasteiger charge is 2.45. The molecule has 6 N–H and O–H groups in total. The van der Waals surface area contributed by atoms with Crippen LogP contribution in [0.1, 0.15) is 28.7 Å². The van der Waals surface area contributed by atoms with Crippen LogP contribution in [0.5, 0.6) is 23.0 Å². The van der Waals surface area contributed by atoms with Crippen LogP contribution in [0.2, 0.25) is 0 Å². The lowest BCUT2D eigenvalue weighted by molar-refractivity contribution is -0.277. The zero-order valence-electron chi connectivity index (χ0n) is 20.6. The maximum absolute atomic E-state index is 11.0. The molecule has 0 saturated carbocycles. The van der Waals surface area contributed by atoms with Gasteiger partial charge in [-0.1, -0.05) is 6.07 Å². The molecule has 0 spiro atoms. The first-order chi connectivity index (χ1) is 18.2. The molecule has 0 radical (unpaired) electrons. The maximum Gasteiger partial charge on any atom is 0.328 e. The van der Waals surface area contributed by atoms with Gasteiger partial charge in [-0.25, -0.2) is 4.79 Å². The van der Waals surface area contributed by atoms with E-state index in [1.807, 2.05) is 0 Å². The Labute approximate surface area is 217 Å². The number of benzene rings is 2. The van der Waals surface area contributed by atoms with E-state index in [1.54, 1.807) is 24.3 Å². The van der Waals surface area contributed by atoms with Crippen LogP contribution in [0.15, 0.2) is 36.4 Å². The number of ether oxygens (including phenoxy) is 5. The third-order valence-corrected chi connectivity index (χ3v) is 6.56. The molecule has 0 aromatic heterocycles. The van der Waals surface area contributed by atoms with Gasteiger partial charge in [0.2, 0.25) is 6.29 Å². The van der Waals surface area contributed by atoms with Crippen LogP contribution in [0.4, 0.5) is 0 Å². The second-order valence-corrected chi connectivity index (χ2v) is 8.87. The molecule has 2 aliphatic rings. The Morgan fingerprint density at radius 2 is 1.68 bits per heavy atom. The molecule has 0 amide bonds. The highest BCUT2D eigenvalue weighted by atomic mass is 16.7. The number of carboxylic acids is 1. The Balaban J connectivity index is 1.62. The number of aliphatic carboxylic acids is 1. The van der Waals surface area contributed by atoms with Crippen molar-refractivity contribution >= 4 is 12.0 Å². The average molecular weight is 535 g/mol. The van der Waals surface area contributed by atoms with Crippen molar-refractivity contribution in [1.29, 1.82) is 0 Å². The first-order valence-electron chi connectivity index (χ1n) is 11.8. The monoisotopic (exact) mass is 534 g/mol. The van der Waals surface area contributed by atoms with Gasteiger partial charge in [-0.2, -0.15) is 0 Å². The molecule has 7 atom stereocenters. The number of methoxy groups -OCH3 is 2. The minimum atomic E-state index is -1.60. The summed E-state index contributed by atoms with van der Waals surface area (Å²) >= 11 is 0. The molecule has 2 aromatic rings. The molecule has 0 aliphatic carbocycles. The molecule has 4 rings (SSSR count). The average Bonchev–Trinajstić information content (AvgIpc) is 3.30. The second-order valence-electron chi connectivity index (χ2n) is 8.87. The third kappa shape index (κ3) is 5.27. The molecule has 1 saturated heterocycles. The highest BCUT2D eigenvalue weighted by Crippen LogP contribution is 2.51. The quantitative estimate of drug-likeness (QED) is 0.240. The molecule has 38 heavy (non-hydrogen) atoms. The van der Waals surface area contributed by atoms with Crippen molar-refractivity contribution in [3.63, 3.8) is 0 Å². The lowest BCUT2D eigenvalue weighted by Gasteiger charge is -2.39. The first kappa shape index (κ1) is 27.6. The van der Waals surface area contributed by atoms with E-state index in [1.165, 1.54) is 26.4 Å². The van der Waals surface area contributed by atoms with Gasteiger partial charge in [0.1, 0.15) is 30.5 Å². The van der Waals surface area contributed by atoms with Gasteiger partial charge < -0.3 is 54.3 Å². The number of aliphatic hydroxyl groups is 5. The van der Waals surface area contributed by atoms with Crippen molar-refractivity contribution in [1.82, 2.24) is 0 Å². The van der Waals surface area contributed by atoms with Crippen molar-refractivity contribution < 1.29 is 59.1 Å². The molecule has 2 aliphatic heterocycles. The Morgan fingerprint density at radius 1 is 0.947 bits per heavy atom. The van der Waals surface area contributed by atoms with Gasteiger partial charge in [0, 0.05) is 11.6 Å². The molecule has 1 fully saturated rings. The summed E-state index contributed by atoms with van der Waals surface area (Å²) in [4.78, 5) is 11.0. The summed E-state index contributed by atoms with van der Waals surface area (Å²) in [5.41, 5.74) is 1.82. The number of carboxylic acid groups (broad SMARTS) is 1. The summed E-state index contributed by atoms with van der Waals surface area (Å²) in [6.45, 7) is -0.876. The summed E-state index contributed by atoms with van der Waals surface area (Å²) in [5.74, 6) is -0.440. The predicted octanol–water partition coefficient (Wildman–Crippen LogP) is 0.190. The summed E-state index contributed by atoms with van der Waals surface area (Å²) in [6.07, 6.45) is -5.49. The summed E-state index contributed by atoms with van der Waals surface area (Å²) in [7, 11) is 2.86. The normalized spacial score (nSPS) is 28.6. The van der Waals surface area contributed by atoms with Gasteiger partial charge in [0.05, 0.1) is 33.4 Å². The number of fused-ring (bicyclic) bond motifs is 1. The Bertz CT molecular complexity index is 1180. The second kappa shape index (κ2) is 11.6. The maximum atomic E-state index is 11.0. The van der Waals surface area contributed by atoms with Crippen LogP contribution >= 0.6 is 0 Å².